The van der Waals surface area contributed by atoms with Gasteiger partial charge in [-0.05, 0) is 35.9 Å². The van der Waals surface area contributed by atoms with Gasteiger partial charge >= 0.3 is 0 Å². The second-order valence-electron chi connectivity index (χ2n) is 4.32. The van der Waals surface area contributed by atoms with Crippen LogP contribution in [0, 0.1) is 5.82 Å². The molecule has 2 N–H and O–H groups in total. The van der Waals surface area contributed by atoms with Crippen LogP contribution in [0.5, 0.6) is 0 Å². The summed E-state index contributed by atoms with van der Waals surface area (Å²) in [5.41, 5.74) is 8.35. The minimum Gasteiger partial charge on any atom is -0.369 e. The summed E-state index contributed by atoms with van der Waals surface area (Å²) in [6, 6.07) is 11.8. The van der Waals surface area contributed by atoms with E-state index >= 15 is 0 Å². The van der Waals surface area contributed by atoms with Gasteiger partial charge in [0.15, 0.2) is 0 Å². The summed E-state index contributed by atoms with van der Waals surface area (Å²) >= 11 is 5.99. The highest BCUT2D eigenvalue weighted by atomic mass is 35.5. The van der Waals surface area contributed by atoms with E-state index in [-0.39, 0.29) is 5.82 Å². The maximum absolute atomic E-state index is 13.2. The molecule has 0 bridgehead atoms. The van der Waals surface area contributed by atoms with Gasteiger partial charge in [0.1, 0.15) is 5.82 Å². The third kappa shape index (κ3) is 2.27. The monoisotopic (exact) mass is 275 g/mol. The van der Waals surface area contributed by atoms with Crippen LogP contribution >= 0.6 is 11.6 Å². The molecule has 3 rings (SSSR count). The topological polar surface area (TPSA) is 43.8 Å². The Morgan fingerprint density at radius 2 is 2.05 bits per heavy atom. The zero-order valence-electron chi connectivity index (χ0n) is 9.98. The lowest BCUT2D eigenvalue weighted by Crippen LogP contribution is -2.04. The highest BCUT2D eigenvalue weighted by molar-refractivity contribution is 6.31. The van der Waals surface area contributed by atoms with Gasteiger partial charge in [-0.1, -0.05) is 23.7 Å². The van der Waals surface area contributed by atoms with Gasteiger partial charge in [0.2, 0.25) is 5.95 Å². The second-order valence-corrected chi connectivity index (χ2v) is 4.76. The Kier molecular flexibility index (Phi) is 2.87. The van der Waals surface area contributed by atoms with Crippen LogP contribution in [0.3, 0.4) is 0 Å². The fourth-order valence-electron chi connectivity index (χ4n) is 2.10. The quantitative estimate of drug-likeness (QED) is 0.778. The SMILES string of the molecule is Nc1nc2ccc(Cl)cc2n1Cc1cccc(F)c1. The molecule has 0 saturated carbocycles. The van der Waals surface area contributed by atoms with Crippen molar-refractivity contribution in [3.63, 3.8) is 0 Å². The van der Waals surface area contributed by atoms with E-state index < -0.39 is 0 Å². The molecular weight excluding hydrogens is 265 g/mol. The molecule has 0 amide bonds. The van der Waals surface area contributed by atoms with Crippen LogP contribution in [0.4, 0.5) is 10.3 Å². The first-order valence-corrected chi connectivity index (χ1v) is 6.17. The molecular formula is C14H11ClFN3. The molecule has 19 heavy (non-hydrogen) atoms. The number of halogens is 2. The van der Waals surface area contributed by atoms with Gasteiger partial charge in [-0.2, -0.15) is 0 Å². The molecule has 1 aromatic heterocycles. The van der Waals surface area contributed by atoms with E-state index in [1.54, 1.807) is 18.2 Å². The van der Waals surface area contributed by atoms with Crippen molar-refractivity contribution in [2.45, 2.75) is 6.54 Å². The summed E-state index contributed by atoms with van der Waals surface area (Å²) in [6.45, 7) is 0.459. The van der Waals surface area contributed by atoms with E-state index in [1.807, 2.05) is 16.7 Å². The third-order valence-electron chi connectivity index (χ3n) is 2.97. The van der Waals surface area contributed by atoms with Crippen molar-refractivity contribution in [2.75, 3.05) is 5.73 Å². The normalized spacial score (nSPS) is 11.1. The predicted molar refractivity (Wildman–Crippen MR) is 74.7 cm³/mol. The van der Waals surface area contributed by atoms with Crippen molar-refractivity contribution in [2.24, 2.45) is 0 Å². The Balaban J connectivity index is 2.09. The number of aromatic nitrogens is 2. The second kappa shape index (κ2) is 4.55. The van der Waals surface area contributed by atoms with Gasteiger partial charge < -0.3 is 10.3 Å². The van der Waals surface area contributed by atoms with Gasteiger partial charge in [0, 0.05) is 5.02 Å². The molecule has 0 radical (unpaired) electrons. The van der Waals surface area contributed by atoms with E-state index in [9.17, 15) is 4.39 Å². The largest absolute Gasteiger partial charge is 0.369 e. The Hall–Kier alpha value is -2.07. The van der Waals surface area contributed by atoms with Crippen molar-refractivity contribution in [1.82, 2.24) is 9.55 Å². The number of anilines is 1. The van der Waals surface area contributed by atoms with Gasteiger partial charge in [-0.25, -0.2) is 9.37 Å². The lowest BCUT2D eigenvalue weighted by molar-refractivity contribution is 0.624. The number of fused-ring (bicyclic) bond motifs is 1. The van der Waals surface area contributed by atoms with Gasteiger partial charge in [-0.15, -0.1) is 0 Å². The number of hydrogen-bond acceptors (Lipinski definition) is 2. The lowest BCUT2D eigenvalue weighted by atomic mass is 10.2. The molecule has 0 saturated heterocycles. The fourth-order valence-corrected chi connectivity index (χ4v) is 2.26. The Morgan fingerprint density at radius 1 is 1.21 bits per heavy atom. The van der Waals surface area contributed by atoms with E-state index in [1.165, 1.54) is 12.1 Å². The van der Waals surface area contributed by atoms with Crippen LogP contribution in [-0.4, -0.2) is 9.55 Å². The summed E-state index contributed by atoms with van der Waals surface area (Å²) in [4.78, 5) is 4.26. The molecule has 5 heteroatoms. The molecule has 0 aliphatic rings. The number of imidazole rings is 1. The Morgan fingerprint density at radius 3 is 2.84 bits per heavy atom. The number of nitrogens with zero attached hydrogens (tertiary/aromatic N) is 2. The Labute approximate surface area is 114 Å². The van der Waals surface area contributed by atoms with Crippen LogP contribution < -0.4 is 5.73 Å². The molecule has 0 aliphatic heterocycles. The van der Waals surface area contributed by atoms with Crippen molar-refractivity contribution in [3.8, 4) is 0 Å². The summed E-state index contributed by atoms with van der Waals surface area (Å²) in [7, 11) is 0. The van der Waals surface area contributed by atoms with E-state index in [4.69, 9.17) is 17.3 Å². The fraction of sp³-hybridized carbons (Fsp3) is 0.0714. The molecule has 0 spiro atoms. The number of benzene rings is 2. The number of rotatable bonds is 2. The summed E-state index contributed by atoms with van der Waals surface area (Å²) < 4.78 is 15.0. The number of nitrogens with two attached hydrogens (primary N) is 1. The highest BCUT2D eigenvalue weighted by Gasteiger charge is 2.09. The standard InChI is InChI=1S/C14H11ClFN3/c15-10-4-5-12-13(7-10)19(14(17)18-12)8-9-2-1-3-11(16)6-9/h1-7H,8H2,(H2,17,18). The maximum atomic E-state index is 13.2. The molecule has 3 nitrogen and oxygen atoms in total. The number of nitrogen functional groups attached to an aromatic ring is 1. The first-order chi connectivity index (χ1) is 9.13. The third-order valence-corrected chi connectivity index (χ3v) is 3.20. The van der Waals surface area contributed by atoms with Gasteiger partial charge in [0.05, 0.1) is 17.6 Å². The minimum absolute atomic E-state index is 0.265. The van der Waals surface area contributed by atoms with Crippen molar-refractivity contribution in [3.05, 3.63) is 58.9 Å². The molecule has 0 aliphatic carbocycles. The average molecular weight is 276 g/mol. The minimum atomic E-state index is -0.265. The van der Waals surface area contributed by atoms with Crippen molar-refractivity contribution < 1.29 is 4.39 Å². The van der Waals surface area contributed by atoms with Crippen molar-refractivity contribution in [1.29, 1.82) is 0 Å². The zero-order chi connectivity index (χ0) is 13.4. The molecule has 96 valence electrons. The first-order valence-electron chi connectivity index (χ1n) is 5.79. The van der Waals surface area contributed by atoms with E-state index in [2.05, 4.69) is 4.98 Å². The van der Waals surface area contributed by atoms with Crippen LogP contribution in [0.1, 0.15) is 5.56 Å². The van der Waals surface area contributed by atoms with Gasteiger partial charge in [0.25, 0.3) is 0 Å². The van der Waals surface area contributed by atoms with Crippen LogP contribution in [0.2, 0.25) is 5.02 Å². The Bertz CT molecular complexity index is 752. The molecule has 0 fully saturated rings. The first kappa shape index (κ1) is 12.0. The highest BCUT2D eigenvalue weighted by Crippen LogP contribution is 2.23. The smallest absolute Gasteiger partial charge is 0.201 e. The molecule has 2 aromatic carbocycles. The van der Waals surface area contributed by atoms with Crippen LogP contribution in [0.25, 0.3) is 11.0 Å². The van der Waals surface area contributed by atoms with Gasteiger partial charge in [-0.3, -0.25) is 0 Å². The van der Waals surface area contributed by atoms with E-state index in [0.717, 1.165) is 16.6 Å². The summed E-state index contributed by atoms with van der Waals surface area (Å²) in [5.74, 6) is 0.125. The summed E-state index contributed by atoms with van der Waals surface area (Å²) in [5, 5.41) is 0.618. The average Bonchev–Trinajstić information content (AvgIpc) is 2.66. The number of hydrogen-bond donors (Lipinski definition) is 1. The molecule has 0 unspecified atom stereocenters. The predicted octanol–water partition coefficient (Wildman–Crippen LogP) is 3.46. The molecule has 3 aromatic rings. The van der Waals surface area contributed by atoms with Crippen molar-refractivity contribution >= 4 is 28.6 Å². The summed E-state index contributed by atoms with van der Waals surface area (Å²) in [6.07, 6.45) is 0. The molecule has 0 atom stereocenters. The molecule has 1 heterocycles. The van der Waals surface area contributed by atoms with Crippen LogP contribution in [-0.2, 0) is 6.54 Å². The zero-order valence-corrected chi connectivity index (χ0v) is 10.7. The van der Waals surface area contributed by atoms with Crippen LogP contribution in [0.15, 0.2) is 42.5 Å². The van der Waals surface area contributed by atoms with E-state index in [0.29, 0.717) is 17.5 Å². The lowest BCUT2D eigenvalue weighted by Gasteiger charge is -2.07. The maximum Gasteiger partial charge on any atom is 0.201 e.